The topological polar surface area (TPSA) is 104 Å². The predicted octanol–water partition coefficient (Wildman–Crippen LogP) is 4.42. The molecule has 2 N–H and O–H groups in total. The first kappa shape index (κ1) is 23.3. The number of nitrogens with zero attached hydrogens (tertiary/aromatic N) is 1. The van der Waals surface area contributed by atoms with Gasteiger partial charge >= 0.3 is 5.97 Å². The molecule has 8 heteroatoms. The minimum absolute atomic E-state index is 0.00360. The molecule has 2 aromatic carbocycles. The minimum Gasteiger partial charge on any atom is -0.507 e. The van der Waals surface area contributed by atoms with E-state index in [1.807, 2.05) is 0 Å². The van der Waals surface area contributed by atoms with Crippen LogP contribution in [0.25, 0.3) is 5.76 Å². The van der Waals surface area contributed by atoms with Gasteiger partial charge in [-0.3, -0.25) is 14.4 Å². The van der Waals surface area contributed by atoms with Crippen molar-refractivity contribution >= 4 is 35.0 Å². The number of likely N-dealkylation sites (tertiary alicyclic amines) is 1. The van der Waals surface area contributed by atoms with Crippen molar-refractivity contribution in [1.29, 1.82) is 0 Å². The zero-order chi connectivity index (χ0) is 23.3. The number of ether oxygens (including phenoxy) is 1. The molecule has 1 saturated heterocycles. The van der Waals surface area contributed by atoms with Crippen LogP contribution < -0.4 is 4.74 Å². The summed E-state index contributed by atoms with van der Waals surface area (Å²) >= 11 is 5.93. The van der Waals surface area contributed by atoms with Crippen LogP contribution in [-0.4, -0.2) is 46.4 Å². The molecule has 1 atom stereocenters. The number of aliphatic carboxylic acids is 1. The second-order valence-corrected chi connectivity index (χ2v) is 7.92. The lowest BCUT2D eigenvalue weighted by atomic mass is 9.95. The van der Waals surface area contributed by atoms with Gasteiger partial charge in [0.05, 0.1) is 18.7 Å². The summed E-state index contributed by atoms with van der Waals surface area (Å²) in [6.07, 6.45) is 1.65. The SMILES string of the molecule is COc1cccc(C2C(=C(O)c3ccc(Cl)cc3)C(=O)C(=O)N2CCCCCC(=O)O)c1. The van der Waals surface area contributed by atoms with Gasteiger partial charge in [-0.25, -0.2) is 0 Å². The van der Waals surface area contributed by atoms with Gasteiger partial charge in [0.15, 0.2) is 0 Å². The maximum absolute atomic E-state index is 13.0. The molecule has 0 radical (unpaired) electrons. The number of aliphatic hydroxyl groups excluding tert-OH is 1. The summed E-state index contributed by atoms with van der Waals surface area (Å²) < 4.78 is 5.30. The fourth-order valence-corrected chi connectivity index (χ4v) is 3.89. The highest BCUT2D eigenvalue weighted by molar-refractivity contribution is 6.46. The van der Waals surface area contributed by atoms with Crippen molar-refractivity contribution in [3.05, 3.63) is 70.3 Å². The molecule has 0 aromatic heterocycles. The molecule has 0 spiro atoms. The standard InChI is InChI=1S/C24H24ClNO6/c1-32-18-7-5-6-16(14-18)21-20(22(29)15-9-11-17(25)12-10-15)23(30)24(31)26(21)13-4-2-3-8-19(27)28/h5-7,9-12,14,21,29H,2-4,8,13H2,1H3,(H,27,28). The average molecular weight is 458 g/mol. The number of unbranched alkanes of at least 4 members (excludes halogenated alkanes) is 2. The van der Waals surface area contributed by atoms with Gasteiger partial charge in [0.2, 0.25) is 0 Å². The lowest BCUT2D eigenvalue weighted by Crippen LogP contribution is -2.30. The number of methoxy groups -OCH3 is 1. The average Bonchev–Trinajstić information content (AvgIpc) is 3.03. The van der Waals surface area contributed by atoms with Gasteiger partial charge < -0.3 is 19.8 Å². The second kappa shape index (κ2) is 10.3. The fourth-order valence-electron chi connectivity index (χ4n) is 3.77. The molecule has 7 nitrogen and oxygen atoms in total. The van der Waals surface area contributed by atoms with E-state index in [1.54, 1.807) is 48.5 Å². The third-order valence-electron chi connectivity index (χ3n) is 5.36. The summed E-state index contributed by atoms with van der Waals surface area (Å²) in [7, 11) is 1.52. The predicted molar refractivity (Wildman–Crippen MR) is 120 cm³/mol. The van der Waals surface area contributed by atoms with E-state index in [1.165, 1.54) is 12.0 Å². The normalized spacial score (nSPS) is 17.6. The fraction of sp³-hybridized carbons (Fsp3) is 0.292. The van der Waals surface area contributed by atoms with Crippen LogP contribution in [0, 0.1) is 0 Å². The zero-order valence-corrected chi connectivity index (χ0v) is 18.3. The number of rotatable bonds is 9. The third-order valence-corrected chi connectivity index (χ3v) is 5.61. The first-order valence-corrected chi connectivity index (χ1v) is 10.6. The first-order chi connectivity index (χ1) is 15.3. The number of hydrogen-bond donors (Lipinski definition) is 2. The van der Waals surface area contributed by atoms with Crippen LogP contribution in [0.15, 0.2) is 54.1 Å². The number of benzene rings is 2. The monoisotopic (exact) mass is 457 g/mol. The number of carboxylic acid groups (broad SMARTS) is 1. The van der Waals surface area contributed by atoms with E-state index in [-0.39, 0.29) is 24.3 Å². The van der Waals surface area contributed by atoms with Crippen molar-refractivity contribution < 1.29 is 29.3 Å². The van der Waals surface area contributed by atoms with E-state index in [9.17, 15) is 19.5 Å². The summed E-state index contributed by atoms with van der Waals surface area (Å²) in [5.74, 6) is -2.06. The van der Waals surface area contributed by atoms with Crippen molar-refractivity contribution in [2.45, 2.75) is 31.7 Å². The van der Waals surface area contributed by atoms with Crippen LogP contribution in [0.5, 0.6) is 5.75 Å². The Balaban J connectivity index is 1.99. The highest BCUT2D eigenvalue weighted by Gasteiger charge is 2.45. The zero-order valence-electron chi connectivity index (χ0n) is 17.6. The molecule has 32 heavy (non-hydrogen) atoms. The van der Waals surface area contributed by atoms with Gasteiger partial charge in [-0.1, -0.05) is 30.2 Å². The van der Waals surface area contributed by atoms with Crippen LogP contribution in [-0.2, 0) is 14.4 Å². The molecule has 168 valence electrons. The minimum atomic E-state index is -0.871. The Morgan fingerprint density at radius 1 is 1.06 bits per heavy atom. The van der Waals surface area contributed by atoms with E-state index in [4.69, 9.17) is 21.4 Å². The molecule has 0 aliphatic carbocycles. The molecule has 3 rings (SSSR count). The first-order valence-electron chi connectivity index (χ1n) is 10.2. The third kappa shape index (κ3) is 5.11. The lowest BCUT2D eigenvalue weighted by Gasteiger charge is -2.25. The second-order valence-electron chi connectivity index (χ2n) is 7.48. The number of hydrogen-bond acceptors (Lipinski definition) is 5. The Morgan fingerprint density at radius 3 is 2.44 bits per heavy atom. The highest BCUT2D eigenvalue weighted by Crippen LogP contribution is 2.40. The van der Waals surface area contributed by atoms with E-state index in [0.717, 1.165) is 0 Å². The number of halogens is 1. The molecular weight excluding hydrogens is 434 g/mol. The van der Waals surface area contributed by atoms with Crippen molar-refractivity contribution in [3.63, 3.8) is 0 Å². The van der Waals surface area contributed by atoms with Crippen LogP contribution in [0.1, 0.15) is 42.9 Å². The molecule has 1 fully saturated rings. The Bertz CT molecular complexity index is 1050. The Hall–Kier alpha value is -3.32. The highest BCUT2D eigenvalue weighted by atomic mass is 35.5. The largest absolute Gasteiger partial charge is 0.507 e. The van der Waals surface area contributed by atoms with Crippen molar-refractivity contribution in [2.24, 2.45) is 0 Å². The Labute approximate surface area is 190 Å². The number of carbonyl (C=O) groups is 3. The molecule has 1 aliphatic heterocycles. The smallest absolute Gasteiger partial charge is 0.303 e. The summed E-state index contributed by atoms with van der Waals surface area (Å²) in [5, 5.41) is 20.3. The maximum Gasteiger partial charge on any atom is 0.303 e. The molecular formula is C24H24ClNO6. The van der Waals surface area contributed by atoms with Crippen molar-refractivity contribution in [1.82, 2.24) is 4.90 Å². The maximum atomic E-state index is 13.0. The van der Waals surface area contributed by atoms with Gasteiger partial charge in [-0.15, -0.1) is 0 Å². The molecule has 0 bridgehead atoms. The van der Waals surface area contributed by atoms with Crippen LogP contribution in [0.2, 0.25) is 5.02 Å². The van der Waals surface area contributed by atoms with E-state index < -0.39 is 23.7 Å². The Morgan fingerprint density at radius 2 is 1.78 bits per heavy atom. The lowest BCUT2D eigenvalue weighted by molar-refractivity contribution is -0.140. The van der Waals surface area contributed by atoms with Crippen molar-refractivity contribution in [2.75, 3.05) is 13.7 Å². The molecule has 1 unspecified atom stereocenters. The quantitative estimate of drug-likeness (QED) is 0.250. The number of amides is 1. The molecule has 1 aliphatic rings. The van der Waals surface area contributed by atoms with Crippen LogP contribution in [0.4, 0.5) is 0 Å². The van der Waals surface area contributed by atoms with Gasteiger partial charge in [0.1, 0.15) is 11.5 Å². The number of ketones is 1. The molecule has 1 heterocycles. The van der Waals surface area contributed by atoms with Crippen molar-refractivity contribution in [3.8, 4) is 5.75 Å². The van der Waals surface area contributed by atoms with Gasteiger partial charge in [-0.2, -0.15) is 0 Å². The van der Waals surface area contributed by atoms with Gasteiger partial charge in [0.25, 0.3) is 11.7 Å². The molecule has 2 aromatic rings. The van der Waals surface area contributed by atoms with Crippen LogP contribution in [0.3, 0.4) is 0 Å². The number of aliphatic hydroxyl groups is 1. The molecule has 1 amide bonds. The Kier molecular flexibility index (Phi) is 7.53. The van der Waals surface area contributed by atoms with Gasteiger partial charge in [0, 0.05) is 23.6 Å². The summed E-state index contributed by atoms with van der Waals surface area (Å²) in [6.45, 7) is 0.253. The number of carbonyl (C=O) groups excluding carboxylic acids is 2. The summed E-state index contributed by atoms with van der Waals surface area (Å²) in [4.78, 5) is 38.0. The summed E-state index contributed by atoms with van der Waals surface area (Å²) in [6, 6.07) is 12.6. The van der Waals surface area contributed by atoms with Gasteiger partial charge in [-0.05, 0) is 54.8 Å². The summed E-state index contributed by atoms with van der Waals surface area (Å²) in [5.41, 5.74) is 1.00. The van der Waals surface area contributed by atoms with E-state index in [0.29, 0.717) is 41.2 Å². The van der Waals surface area contributed by atoms with E-state index >= 15 is 0 Å². The number of carboxylic acids is 1. The van der Waals surface area contributed by atoms with Crippen LogP contribution >= 0.6 is 11.6 Å². The molecule has 0 saturated carbocycles. The number of Topliss-reactive ketones (excluding diaryl/α,β-unsaturated/α-hetero) is 1. The van der Waals surface area contributed by atoms with E-state index in [2.05, 4.69) is 0 Å².